The van der Waals surface area contributed by atoms with Crippen molar-refractivity contribution in [3.63, 3.8) is 0 Å². The monoisotopic (exact) mass is 685 g/mol. The van der Waals surface area contributed by atoms with Crippen molar-refractivity contribution in [2.75, 3.05) is 0 Å². The fraction of sp³-hybridized carbons (Fsp3) is 0.156. The Balaban J connectivity index is 1.13. The van der Waals surface area contributed by atoms with Crippen LogP contribution < -0.4 is 4.74 Å². The average Bonchev–Trinajstić information content (AvgIpc) is 3.25. The predicted octanol–water partition coefficient (Wildman–Crippen LogP) is 6.92. The van der Waals surface area contributed by atoms with E-state index in [-0.39, 0.29) is 35.9 Å². The molecule has 4 aliphatic rings. The Bertz CT molecular complexity index is 1680. The van der Waals surface area contributed by atoms with Crippen LogP contribution in [-0.4, -0.2) is 28.0 Å². The maximum atomic E-state index is 13.8. The van der Waals surface area contributed by atoms with E-state index >= 15 is 0 Å². The Morgan fingerprint density at radius 1 is 0.810 bits per heavy atom. The van der Waals surface area contributed by atoms with E-state index in [0.29, 0.717) is 20.3 Å². The zero-order valence-corrected chi connectivity index (χ0v) is 25.0. The van der Waals surface area contributed by atoms with Crippen LogP contribution in [0.2, 0.25) is 0 Å². The lowest BCUT2D eigenvalue weighted by Crippen LogP contribution is -2.41. The second kappa shape index (κ2) is 10.3. The van der Waals surface area contributed by atoms with Crippen LogP contribution in [0.25, 0.3) is 0 Å². The molecule has 1 fully saturated rings. The van der Waals surface area contributed by atoms with Crippen molar-refractivity contribution in [1.82, 2.24) is 5.01 Å². The van der Waals surface area contributed by atoms with E-state index < -0.39 is 16.8 Å². The number of hydrogen-bond donors (Lipinski definition) is 0. The Morgan fingerprint density at radius 3 is 1.74 bits per heavy atom. The minimum atomic E-state index is -0.488. The van der Waals surface area contributed by atoms with E-state index in [4.69, 9.17) is 4.74 Å². The summed E-state index contributed by atoms with van der Waals surface area (Å²) >= 11 is 7.07. The molecule has 1 aliphatic heterocycles. The molecule has 1 heterocycles. The number of amides is 2. The number of rotatable bonds is 6. The molecular weight excluding hydrogens is 666 g/mol. The van der Waals surface area contributed by atoms with E-state index in [9.17, 15) is 19.7 Å². The summed E-state index contributed by atoms with van der Waals surface area (Å²) in [5, 5.41) is 16.3. The number of imide groups is 1. The van der Waals surface area contributed by atoms with Crippen molar-refractivity contribution < 1.29 is 19.2 Å². The van der Waals surface area contributed by atoms with Crippen molar-refractivity contribution in [1.29, 1.82) is 0 Å². The third-order valence-electron chi connectivity index (χ3n) is 8.30. The van der Waals surface area contributed by atoms with E-state index in [1.54, 1.807) is 24.3 Å². The van der Waals surface area contributed by atoms with Crippen LogP contribution in [0.15, 0.2) is 99.0 Å². The Kier molecular flexibility index (Phi) is 6.55. The van der Waals surface area contributed by atoms with Gasteiger partial charge in [-0.3, -0.25) is 19.7 Å². The zero-order valence-electron chi connectivity index (χ0n) is 21.8. The molecule has 0 aromatic heterocycles. The Hall–Kier alpha value is -4.15. The summed E-state index contributed by atoms with van der Waals surface area (Å²) in [4.78, 5) is 38.0. The van der Waals surface area contributed by atoms with Gasteiger partial charge in [0, 0.05) is 24.0 Å². The van der Waals surface area contributed by atoms with Gasteiger partial charge in [-0.1, -0.05) is 48.5 Å². The van der Waals surface area contributed by atoms with Gasteiger partial charge in [0.25, 0.3) is 17.5 Å². The molecule has 4 aromatic rings. The number of halogens is 2. The number of ether oxygens (including phenoxy) is 1. The molecule has 0 saturated carbocycles. The fourth-order valence-electron chi connectivity index (χ4n) is 6.56. The molecule has 2 bridgehead atoms. The van der Waals surface area contributed by atoms with Crippen LogP contribution in [0.1, 0.15) is 45.2 Å². The highest BCUT2D eigenvalue weighted by Crippen LogP contribution is 2.61. The zero-order chi connectivity index (χ0) is 29.1. The van der Waals surface area contributed by atoms with Crippen molar-refractivity contribution in [3.05, 3.63) is 137 Å². The standard InChI is InChI=1S/C32H21Br2N3O5/c33-24-13-18(14-25(34)30(24)42-16-17-9-11-19(12-10-17)37(40)41)15-35-36-31(38)28-26-20-5-1-2-6-21(20)27(29(28)32(36)39)23-8-4-3-7-22(23)26/h1-15,26-29H,16H2/b35-15-/t26?,27?,28-,29+. The maximum Gasteiger partial charge on any atom is 0.269 e. The van der Waals surface area contributed by atoms with Gasteiger partial charge in [-0.15, -0.1) is 0 Å². The largest absolute Gasteiger partial charge is 0.487 e. The second-order valence-electron chi connectivity index (χ2n) is 10.5. The van der Waals surface area contributed by atoms with Gasteiger partial charge in [0.15, 0.2) is 0 Å². The van der Waals surface area contributed by atoms with Crippen LogP contribution >= 0.6 is 31.9 Å². The molecule has 0 spiro atoms. The highest BCUT2D eigenvalue weighted by molar-refractivity contribution is 9.11. The first kappa shape index (κ1) is 26.7. The molecule has 0 unspecified atom stereocenters. The van der Waals surface area contributed by atoms with Crippen LogP contribution in [0.5, 0.6) is 5.75 Å². The van der Waals surface area contributed by atoms with Gasteiger partial charge in [0.1, 0.15) is 12.4 Å². The lowest BCUT2D eigenvalue weighted by atomic mass is 9.55. The number of hydrogen-bond acceptors (Lipinski definition) is 6. The lowest BCUT2D eigenvalue weighted by molar-refractivity contribution is -0.384. The minimum Gasteiger partial charge on any atom is -0.487 e. The summed E-state index contributed by atoms with van der Waals surface area (Å²) in [5.74, 6) is -1.35. The number of nitro benzene ring substituents is 1. The molecule has 4 aromatic carbocycles. The van der Waals surface area contributed by atoms with Gasteiger partial charge in [-0.25, -0.2) is 0 Å². The first-order valence-electron chi connectivity index (χ1n) is 13.3. The number of nitro groups is 1. The number of carbonyl (C=O) groups is 2. The van der Waals surface area contributed by atoms with E-state index in [1.165, 1.54) is 18.3 Å². The van der Waals surface area contributed by atoms with Crippen molar-refractivity contribution in [2.24, 2.45) is 16.9 Å². The summed E-state index contributed by atoms with van der Waals surface area (Å²) in [6.07, 6.45) is 1.50. The molecule has 0 radical (unpaired) electrons. The van der Waals surface area contributed by atoms with Crippen LogP contribution in [-0.2, 0) is 16.2 Å². The van der Waals surface area contributed by atoms with Crippen molar-refractivity contribution in [2.45, 2.75) is 18.4 Å². The van der Waals surface area contributed by atoms with Gasteiger partial charge in [0.05, 0.1) is 31.9 Å². The predicted molar refractivity (Wildman–Crippen MR) is 162 cm³/mol. The molecular formula is C32H21Br2N3O5. The maximum absolute atomic E-state index is 13.8. The molecule has 1 saturated heterocycles. The number of benzene rings is 4. The number of nitrogens with zero attached hydrogens (tertiary/aromatic N) is 3. The second-order valence-corrected chi connectivity index (χ2v) is 12.2. The quantitative estimate of drug-likeness (QED) is 0.0948. The molecule has 2 amide bonds. The van der Waals surface area contributed by atoms with Crippen molar-refractivity contribution in [3.8, 4) is 5.75 Å². The van der Waals surface area contributed by atoms with E-state index in [2.05, 4.69) is 61.2 Å². The summed E-state index contributed by atoms with van der Waals surface area (Å²) in [6, 6.07) is 26.0. The topological polar surface area (TPSA) is 102 Å². The Labute approximate surface area is 257 Å². The number of hydrazone groups is 1. The normalized spacial score (nSPS) is 21.8. The van der Waals surface area contributed by atoms with Gasteiger partial charge >= 0.3 is 0 Å². The molecule has 8 rings (SSSR count). The first-order valence-corrected chi connectivity index (χ1v) is 14.9. The smallest absolute Gasteiger partial charge is 0.269 e. The van der Waals surface area contributed by atoms with Gasteiger partial charge < -0.3 is 4.74 Å². The molecule has 2 atom stereocenters. The van der Waals surface area contributed by atoms with Crippen LogP contribution in [0.4, 0.5) is 5.69 Å². The highest BCUT2D eigenvalue weighted by Gasteiger charge is 2.61. The third-order valence-corrected chi connectivity index (χ3v) is 9.48. The lowest BCUT2D eigenvalue weighted by Gasteiger charge is -2.45. The first-order chi connectivity index (χ1) is 20.3. The van der Waals surface area contributed by atoms with Gasteiger partial charge in [-0.2, -0.15) is 10.1 Å². The molecule has 0 N–H and O–H groups in total. The van der Waals surface area contributed by atoms with E-state index in [0.717, 1.165) is 32.8 Å². The van der Waals surface area contributed by atoms with Gasteiger partial charge in [0.2, 0.25) is 0 Å². The summed E-state index contributed by atoms with van der Waals surface area (Å²) < 4.78 is 7.22. The average molecular weight is 687 g/mol. The van der Waals surface area contributed by atoms with Crippen LogP contribution in [0, 0.1) is 22.0 Å². The molecule has 3 aliphatic carbocycles. The molecule has 10 heteroatoms. The Morgan fingerprint density at radius 2 is 1.29 bits per heavy atom. The summed E-state index contributed by atoms with van der Waals surface area (Å²) in [5.41, 5.74) is 5.91. The van der Waals surface area contributed by atoms with Gasteiger partial charge in [-0.05, 0) is 89.5 Å². The minimum absolute atomic E-state index is 0.0145. The molecule has 208 valence electrons. The SMILES string of the molecule is O=C1[C@@H]2C3c4ccccc4C(c4ccccc43)[C@@H]2C(=O)N1/N=C\c1cc(Br)c(OCc2ccc([N+](=O)[O-])cc2)c(Br)c1. The molecule has 8 nitrogen and oxygen atoms in total. The van der Waals surface area contributed by atoms with E-state index in [1.807, 2.05) is 24.3 Å². The fourth-order valence-corrected chi connectivity index (χ4v) is 8.01. The summed E-state index contributed by atoms with van der Waals surface area (Å²) in [7, 11) is 0. The van der Waals surface area contributed by atoms with Crippen LogP contribution in [0.3, 0.4) is 0 Å². The van der Waals surface area contributed by atoms with Crippen molar-refractivity contribution >= 4 is 55.6 Å². The summed E-state index contributed by atoms with van der Waals surface area (Å²) in [6.45, 7) is 0.204. The highest BCUT2D eigenvalue weighted by atomic mass is 79.9. The number of carbonyl (C=O) groups excluding carboxylic acids is 2. The number of non-ortho nitro benzene ring substituents is 1. The molecule has 42 heavy (non-hydrogen) atoms. The third kappa shape index (κ3) is 4.20.